The van der Waals surface area contributed by atoms with E-state index in [0.717, 1.165) is 39.1 Å². The van der Waals surface area contributed by atoms with Crippen LogP contribution in [0.5, 0.6) is 0 Å². The molecule has 1 aliphatic rings. The van der Waals surface area contributed by atoms with Gasteiger partial charge in [-0.25, -0.2) is 0 Å². The lowest BCUT2D eigenvalue weighted by Gasteiger charge is -2.32. The molecule has 0 saturated carbocycles. The summed E-state index contributed by atoms with van der Waals surface area (Å²) in [7, 11) is 0. The average Bonchev–Trinajstić information content (AvgIpc) is 2.48. The molecule has 3 heteroatoms. The Morgan fingerprint density at radius 1 is 1.25 bits per heavy atom. The molecule has 3 nitrogen and oxygen atoms in total. The average molecular weight is 276 g/mol. The van der Waals surface area contributed by atoms with Gasteiger partial charge in [-0.05, 0) is 49.9 Å². The summed E-state index contributed by atoms with van der Waals surface area (Å²) in [5, 5.41) is 0. The number of rotatable bonds is 7. The van der Waals surface area contributed by atoms with Crippen molar-refractivity contribution < 1.29 is 4.74 Å². The maximum absolute atomic E-state index is 5.90. The molecule has 1 heterocycles. The van der Waals surface area contributed by atoms with Crippen molar-refractivity contribution in [3.8, 4) is 0 Å². The highest BCUT2D eigenvalue weighted by Crippen LogP contribution is 2.16. The van der Waals surface area contributed by atoms with Gasteiger partial charge in [0.05, 0.1) is 6.10 Å². The molecule has 1 aliphatic heterocycles. The lowest BCUT2D eigenvalue weighted by Crippen LogP contribution is -2.39. The highest BCUT2D eigenvalue weighted by Gasteiger charge is 2.20. The van der Waals surface area contributed by atoms with Gasteiger partial charge in [0, 0.05) is 19.7 Å². The summed E-state index contributed by atoms with van der Waals surface area (Å²) >= 11 is 0. The summed E-state index contributed by atoms with van der Waals surface area (Å²) in [5.74, 6) is 0. The van der Waals surface area contributed by atoms with Crippen LogP contribution in [0.4, 0.5) is 0 Å². The summed E-state index contributed by atoms with van der Waals surface area (Å²) in [6.45, 7) is 7.09. The molecule has 0 radical (unpaired) electrons. The number of ether oxygens (including phenoxy) is 1. The highest BCUT2D eigenvalue weighted by molar-refractivity contribution is 5.22. The first kappa shape index (κ1) is 15.5. The van der Waals surface area contributed by atoms with Crippen LogP contribution in [-0.2, 0) is 17.7 Å². The Kier molecular flexibility index (Phi) is 6.51. The molecule has 1 saturated heterocycles. The monoisotopic (exact) mass is 276 g/mol. The van der Waals surface area contributed by atoms with E-state index in [1.165, 1.54) is 30.5 Å². The first-order valence-corrected chi connectivity index (χ1v) is 7.93. The van der Waals surface area contributed by atoms with Crippen LogP contribution < -0.4 is 5.73 Å². The Balaban J connectivity index is 1.82. The van der Waals surface area contributed by atoms with Crippen molar-refractivity contribution in [3.63, 3.8) is 0 Å². The molecule has 2 rings (SSSR count). The van der Waals surface area contributed by atoms with E-state index in [0.29, 0.717) is 6.10 Å². The van der Waals surface area contributed by atoms with Crippen LogP contribution in [0.3, 0.4) is 0 Å². The van der Waals surface area contributed by atoms with Gasteiger partial charge in [0.25, 0.3) is 0 Å². The molecule has 1 aromatic carbocycles. The molecule has 1 fully saturated rings. The zero-order chi connectivity index (χ0) is 14.2. The summed E-state index contributed by atoms with van der Waals surface area (Å²) in [6, 6.07) is 8.89. The van der Waals surface area contributed by atoms with Gasteiger partial charge in [0.1, 0.15) is 0 Å². The molecule has 20 heavy (non-hydrogen) atoms. The van der Waals surface area contributed by atoms with Crippen LogP contribution in [0, 0.1) is 0 Å². The highest BCUT2D eigenvalue weighted by atomic mass is 16.5. The minimum atomic E-state index is 0.431. The van der Waals surface area contributed by atoms with E-state index < -0.39 is 0 Å². The lowest BCUT2D eigenvalue weighted by atomic mass is 10.1. The molecule has 0 aliphatic carbocycles. The van der Waals surface area contributed by atoms with Crippen molar-refractivity contribution in [2.75, 3.05) is 26.2 Å². The topological polar surface area (TPSA) is 38.5 Å². The van der Waals surface area contributed by atoms with Gasteiger partial charge in [-0.3, -0.25) is 4.90 Å². The number of piperidine rings is 1. The first-order valence-electron chi connectivity index (χ1n) is 7.93. The van der Waals surface area contributed by atoms with Crippen molar-refractivity contribution in [3.05, 3.63) is 35.4 Å². The second-order valence-corrected chi connectivity index (χ2v) is 5.73. The van der Waals surface area contributed by atoms with Gasteiger partial charge in [0.15, 0.2) is 0 Å². The van der Waals surface area contributed by atoms with E-state index >= 15 is 0 Å². The van der Waals surface area contributed by atoms with Crippen molar-refractivity contribution in [1.29, 1.82) is 0 Å². The summed E-state index contributed by atoms with van der Waals surface area (Å²) in [5.41, 5.74) is 8.30. The number of hydrogen-bond acceptors (Lipinski definition) is 3. The van der Waals surface area contributed by atoms with Gasteiger partial charge in [0.2, 0.25) is 0 Å². The van der Waals surface area contributed by atoms with Gasteiger partial charge in [-0.15, -0.1) is 0 Å². The zero-order valence-electron chi connectivity index (χ0n) is 12.7. The second kappa shape index (κ2) is 8.40. The Bertz CT molecular complexity index is 377. The fraction of sp³-hybridized carbons (Fsp3) is 0.647. The predicted octanol–water partition coefficient (Wildman–Crippen LogP) is 2.58. The molecular weight excluding hydrogens is 248 g/mol. The molecule has 112 valence electrons. The third kappa shape index (κ3) is 4.89. The van der Waals surface area contributed by atoms with Gasteiger partial charge >= 0.3 is 0 Å². The smallest absolute Gasteiger partial charge is 0.0702 e. The van der Waals surface area contributed by atoms with Crippen LogP contribution in [0.2, 0.25) is 0 Å². The minimum Gasteiger partial charge on any atom is -0.377 e. The maximum Gasteiger partial charge on any atom is 0.0702 e. The SMILES string of the molecule is CCCOC1CCCN(Cc2ccc(CCN)cc2)C1. The van der Waals surface area contributed by atoms with E-state index in [1.54, 1.807) is 0 Å². The minimum absolute atomic E-state index is 0.431. The fourth-order valence-corrected chi connectivity index (χ4v) is 2.81. The van der Waals surface area contributed by atoms with E-state index in [-0.39, 0.29) is 0 Å². The van der Waals surface area contributed by atoms with E-state index in [9.17, 15) is 0 Å². The van der Waals surface area contributed by atoms with Crippen molar-refractivity contribution in [1.82, 2.24) is 4.90 Å². The number of hydrogen-bond donors (Lipinski definition) is 1. The lowest BCUT2D eigenvalue weighted by molar-refractivity contribution is -0.00222. The molecule has 1 aromatic rings. The Morgan fingerprint density at radius 2 is 2.00 bits per heavy atom. The van der Waals surface area contributed by atoms with E-state index in [4.69, 9.17) is 10.5 Å². The van der Waals surface area contributed by atoms with Gasteiger partial charge < -0.3 is 10.5 Å². The summed E-state index contributed by atoms with van der Waals surface area (Å²) < 4.78 is 5.90. The normalized spacial score (nSPS) is 20.2. The maximum atomic E-state index is 5.90. The Hall–Kier alpha value is -0.900. The largest absolute Gasteiger partial charge is 0.377 e. The third-order valence-corrected chi connectivity index (χ3v) is 3.88. The van der Waals surface area contributed by atoms with Crippen molar-refractivity contribution in [2.24, 2.45) is 5.73 Å². The predicted molar refractivity (Wildman–Crippen MR) is 83.7 cm³/mol. The van der Waals surface area contributed by atoms with E-state index in [2.05, 4.69) is 36.1 Å². The fourth-order valence-electron chi connectivity index (χ4n) is 2.81. The standard InChI is InChI=1S/C17H28N2O/c1-2-12-20-17-4-3-11-19(14-17)13-16-7-5-15(6-8-16)9-10-18/h5-8,17H,2-4,9-14,18H2,1H3. The van der Waals surface area contributed by atoms with Crippen molar-refractivity contribution >= 4 is 0 Å². The number of nitrogens with zero attached hydrogens (tertiary/aromatic N) is 1. The number of benzene rings is 1. The first-order chi connectivity index (χ1) is 9.81. The molecule has 1 atom stereocenters. The van der Waals surface area contributed by atoms with Crippen LogP contribution in [0.1, 0.15) is 37.3 Å². The molecule has 1 unspecified atom stereocenters. The van der Waals surface area contributed by atoms with Crippen LogP contribution in [-0.4, -0.2) is 37.2 Å². The van der Waals surface area contributed by atoms with Crippen LogP contribution in [0.25, 0.3) is 0 Å². The Morgan fingerprint density at radius 3 is 2.70 bits per heavy atom. The molecule has 2 N–H and O–H groups in total. The number of likely N-dealkylation sites (tertiary alicyclic amines) is 1. The number of nitrogens with two attached hydrogens (primary N) is 1. The van der Waals surface area contributed by atoms with Gasteiger partial charge in [-0.1, -0.05) is 31.2 Å². The summed E-state index contributed by atoms with van der Waals surface area (Å²) in [6.07, 6.45) is 4.97. The molecular formula is C17H28N2O. The quantitative estimate of drug-likeness (QED) is 0.832. The van der Waals surface area contributed by atoms with E-state index in [1.807, 2.05) is 0 Å². The second-order valence-electron chi connectivity index (χ2n) is 5.73. The Labute approximate surface area is 123 Å². The van der Waals surface area contributed by atoms with Crippen LogP contribution >= 0.6 is 0 Å². The molecule has 0 aromatic heterocycles. The van der Waals surface area contributed by atoms with Crippen LogP contribution in [0.15, 0.2) is 24.3 Å². The van der Waals surface area contributed by atoms with Gasteiger partial charge in [-0.2, -0.15) is 0 Å². The zero-order valence-corrected chi connectivity index (χ0v) is 12.7. The third-order valence-electron chi connectivity index (χ3n) is 3.88. The summed E-state index contributed by atoms with van der Waals surface area (Å²) in [4.78, 5) is 2.52. The molecule has 0 spiro atoms. The molecule has 0 amide bonds. The van der Waals surface area contributed by atoms with Crippen molar-refractivity contribution in [2.45, 2.75) is 45.3 Å². The molecule has 0 bridgehead atoms.